The van der Waals surface area contributed by atoms with Crippen molar-refractivity contribution in [3.63, 3.8) is 0 Å². The predicted octanol–water partition coefficient (Wildman–Crippen LogP) is 4.16. The number of ether oxygens (including phenoxy) is 2. The van der Waals surface area contributed by atoms with E-state index in [1.165, 1.54) is 0 Å². The monoisotopic (exact) mass is 377 g/mol. The van der Waals surface area contributed by atoms with Gasteiger partial charge in [0, 0.05) is 18.1 Å². The maximum absolute atomic E-state index is 12.9. The third kappa shape index (κ3) is 3.33. The molecule has 1 aromatic heterocycles. The molecule has 0 spiro atoms. The zero-order chi connectivity index (χ0) is 19.7. The summed E-state index contributed by atoms with van der Waals surface area (Å²) in [5, 5.41) is 7.34. The molecule has 0 bridgehead atoms. The molecule has 0 fully saturated rings. The summed E-state index contributed by atoms with van der Waals surface area (Å²) in [5.41, 5.74) is 3.90. The van der Waals surface area contributed by atoms with Gasteiger partial charge in [-0.1, -0.05) is 18.2 Å². The minimum atomic E-state index is -0.230. The Hall–Kier alpha value is -3.28. The van der Waals surface area contributed by atoms with Crippen molar-refractivity contribution in [1.82, 2.24) is 9.78 Å². The molecular weight excluding hydrogens is 354 g/mol. The second-order valence-electron chi connectivity index (χ2n) is 6.87. The number of carbonyl (C=O) groups excluding carboxylic acids is 1. The fraction of sp³-hybridized carbons (Fsp3) is 0.273. The van der Waals surface area contributed by atoms with E-state index < -0.39 is 0 Å². The van der Waals surface area contributed by atoms with Gasteiger partial charge in [0.25, 0.3) is 5.91 Å². The molecule has 1 atom stereocenters. The summed E-state index contributed by atoms with van der Waals surface area (Å²) in [7, 11) is 0. The molecule has 144 valence electrons. The number of rotatable bonds is 5. The van der Waals surface area contributed by atoms with Crippen LogP contribution in [0.4, 0.5) is 5.69 Å². The summed E-state index contributed by atoms with van der Waals surface area (Å²) in [6, 6.07) is 13.5. The number of amides is 1. The van der Waals surface area contributed by atoms with Crippen molar-refractivity contribution in [1.29, 1.82) is 0 Å². The normalized spacial score (nSPS) is 15.0. The van der Waals surface area contributed by atoms with Crippen molar-refractivity contribution in [2.24, 2.45) is 0 Å². The number of para-hydroxylation sites is 1. The first-order valence-corrected chi connectivity index (χ1v) is 9.44. The summed E-state index contributed by atoms with van der Waals surface area (Å²) in [4.78, 5) is 12.9. The molecule has 6 heteroatoms. The number of carbonyl (C=O) groups is 1. The van der Waals surface area contributed by atoms with E-state index in [1.54, 1.807) is 10.9 Å². The highest BCUT2D eigenvalue weighted by molar-refractivity contribution is 6.05. The third-order valence-corrected chi connectivity index (χ3v) is 4.80. The van der Waals surface area contributed by atoms with Gasteiger partial charge in [-0.3, -0.25) is 4.79 Å². The van der Waals surface area contributed by atoms with E-state index in [-0.39, 0.29) is 12.0 Å². The first-order chi connectivity index (χ1) is 13.6. The van der Waals surface area contributed by atoms with Gasteiger partial charge in [0.1, 0.15) is 17.6 Å². The van der Waals surface area contributed by atoms with Crippen molar-refractivity contribution < 1.29 is 14.3 Å². The Morgan fingerprint density at radius 3 is 2.86 bits per heavy atom. The van der Waals surface area contributed by atoms with Crippen LogP contribution in [0, 0.1) is 6.92 Å². The molecular formula is C22H23N3O3. The lowest BCUT2D eigenvalue weighted by Gasteiger charge is -2.13. The number of fused-ring (bicyclic) bond motifs is 1. The fourth-order valence-corrected chi connectivity index (χ4v) is 3.46. The van der Waals surface area contributed by atoms with Crippen LogP contribution in [0.15, 0.2) is 48.7 Å². The van der Waals surface area contributed by atoms with Crippen LogP contribution in [0.5, 0.6) is 11.5 Å². The highest BCUT2D eigenvalue weighted by Crippen LogP contribution is 2.38. The van der Waals surface area contributed by atoms with Gasteiger partial charge in [-0.2, -0.15) is 5.10 Å². The van der Waals surface area contributed by atoms with Gasteiger partial charge in [0.05, 0.1) is 35.4 Å². The summed E-state index contributed by atoms with van der Waals surface area (Å²) in [6.45, 7) is 6.35. The van der Waals surface area contributed by atoms with Gasteiger partial charge in [0.15, 0.2) is 0 Å². The highest BCUT2D eigenvalue weighted by Gasteiger charge is 2.23. The second-order valence-corrected chi connectivity index (χ2v) is 6.87. The molecule has 1 aliphatic heterocycles. The highest BCUT2D eigenvalue weighted by atomic mass is 16.5. The van der Waals surface area contributed by atoms with Crippen molar-refractivity contribution in [3.8, 4) is 17.2 Å². The maximum atomic E-state index is 12.9. The van der Waals surface area contributed by atoms with Crippen LogP contribution in [0.2, 0.25) is 0 Å². The largest absolute Gasteiger partial charge is 0.492 e. The average molecular weight is 377 g/mol. The Labute approximate surface area is 164 Å². The van der Waals surface area contributed by atoms with Crippen molar-refractivity contribution in [3.05, 3.63) is 65.5 Å². The molecule has 1 unspecified atom stereocenters. The molecule has 0 saturated heterocycles. The van der Waals surface area contributed by atoms with Crippen molar-refractivity contribution >= 4 is 11.6 Å². The van der Waals surface area contributed by atoms with Crippen LogP contribution in [-0.2, 0) is 6.42 Å². The summed E-state index contributed by atoms with van der Waals surface area (Å²) in [6.07, 6.45) is 2.55. The van der Waals surface area contributed by atoms with Crippen LogP contribution in [0.25, 0.3) is 5.69 Å². The van der Waals surface area contributed by atoms with Gasteiger partial charge >= 0.3 is 0 Å². The minimum absolute atomic E-state index is 0.127. The number of nitrogens with zero attached hydrogens (tertiary/aromatic N) is 2. The van der Waals surface area contributed by atoms with Crippen molar-refractivity contribution in [2.75, 3.05) is 11.9 Å². The number of aromatic nitrogens is 2. The molecule has 1 N–H and O–H groups in total. The lowest BCUT2D eigenvalue weighted by Crippen LogP contribution is -2.14. The molecule has 1 aliphatic rings. The smallest absolute Gasteiger partial charge is 0.259 e. The molecule has 2 aromatic carbocycles. The summed E-state index contributed by atoms with van der Waals surface area (Å²) in [5.74, 6) is 1.22. The molecule has 0 aliphatic carbocycles. The second kappa shape index (κ2) is 7.38. The Balaban J connectivity index is 1.63. The van der Waals surface area contributed by atoms with Gasteiger partial charge in [-0.05, 0) is 39.0 Å². The summed E-state index contributed by atoms with van der Waals surface area (Å²) < 4.78 is 13.3. The van der Waals surface area contributed by atoms with E-state index in [0.717, 1.165) is 29.1 Å². The topological polar surface area (TPSA) is 65.4 Å². The Kier molecular flexibility index (Phi) is 4.77. The van der Waals surface area contributed by atoms with Crippen molar-refractivity contribution in [2.45, 2.75) is 33.3 Å². The van der Waals surface area contributed by atoms with Crippen LogP contribution >= 0.6 is 0 Å². The average Bonchev–Trinajstić information content (AvgIpc) is 3.24. The van der Waals surface area contributed by atoms with E-state index in [4.69, 9.17) is 9.47 Å². The first-order valence-electron chi connectivity index (χ1n) is 9.44. The number of anilines is 1. The number of nitrogens with one attached hydrogen (secondary N) is 1. The van der Waals surface area contributed by atoms with E-state index in [0.29, 0.717) is 23.6 Å². The van der Waals surface area contributed by atoms with Gasteiger partial charge in [-0.25, -0.2) is 4.68 Å². The fourth-order valence-electron chi connectivity index (χ4n) is 3.46. The Morgan fingerprint density at radius 2 is 2.11 bits per heavy atom. The SMILES string of the molecule is CCOc1cc2c(cc1NC(=O)c1cnn(-c3ccccc3)c1C)OC(C)C2. The van der Waals surface area contributed by atoms with Crippen LogP contribution < -0.4 is 14.8 Å². The Bertz CT molecular complexity index is 1010. The number of benzene rings is 2. The van der Waals surface area contributed by atoms with Gasteiger partial charge in [-0.15, -0.1) is 0 Å². The van der Waals surface area contributed by atoms with Gasteiger partial charge in [0.2, 0.25) is 0 Å². The van der Waals surface area contributed by atoms with Crippen LogP contribution in [0.1, 0.15) is 35.5 Å². The zero-order valence-electron chi connectivity index (χ0n) is 16.2. The lowest BCUT2D eigenvalue weighted by molar-refractivity contribution is 0.102. The van der Waals surface area contributed by atoms with Crippen LogP contribution in [0.3, 0.4) is 0 Å². The molecule has 3 aromatic rings. The quantitative estimate of drug-likeness (QED) is 0.725. The lowest BCUT2D eigenvalue weighted by atomic mass is 10.1. The van der Waals surface area contributed by atoms with E-state index in [1.807, 2.05) is 63.2 Å². The van der Waals surface area contributed by atoms with Gasteiger partial charge < -0.3 is 14.8 Å². The first kappa shape index (κ1) is 18.1. The molecule has 0 radical (unpaired) electrons. The Morgan fingerprint density at radius 1 is 1.32 bits per heavy atom. The number of hydrogen-bond donors (Lipinski definition) is 1. The molecule has 6 nitrogen and oxygen atoms in total. The predicted molar refractivity (Wildman–Crippen MR) is 108 cm³/mol. The zero-order valence-corrected chi connectivity index (χ0v) is 16.2. The van der Waals surface area contributed by atoms with Crippen LogP contribution in [-0.4, -0.2) is 28.4 Å². The molecule has 28 heavy (non-hydrogen) atoms. The standard InChI is InChI=1S/C22H23N3O3/c1-4-27-21-11-16-10-14(2)28-20(16)12-19(21)24-22(26)18-13-23-25(15(18)3)17-8-6-5-7-9-17/h5-9,11-14H,4,10H2,1-3H3,(H,24,26). The molecule has 2 heterocycles. The third-order valence-electron chi connectivity index (χ3n) is 4.80. The molecule has 0 saturated carbocycles. The number of hydrogen-bond acceptors (Lipinski definition) is 4. The molecule has 4 rings (SSSR count). The minimum Gasteiger partial charge on any atom is -0.492 e. The maximum Gasteiger partial charge on any atom is 0.259 e. The van der Waals surface area contributed by atoms with E-state index in [2.05, 4.69) is 10.4 Å². The summed E-state index contributed by atoms with van der Waals surface area (Å²) >= 11 is 0. The van der Waals surface area contributed by atoms with E-state index in [9.17, 15) is 4.79 Å². The molecule has 1 amide bonds. The van der Waals surface area contributed by atoms with E-state index >= 15 is 0 Å².